The topological polar surface area (TPSA) is 30.5 Å². The minimum absolute atomic E-state index is 0.402. The number of methoxy groups -OCH3 is 2. The molecule has 0 radical (unpaired) electrons. The Morgan fingerprint density at radius 1 is 1.12 bits per heavy atom. The van der Waals surface area contributed by atoms with E-state index in [1.54, 1.807) is 14.2 Å². The van der Waals surface area contributed by atoms with Gasteiger partial charge in [0, 0.05) is 11.6 Å². The van der Waals surface area contributed by atoms with Crippen LogP contribution in [0, 0.1) is 13.8 Å². The molecule has 3 heteroatoms. The van der Waals surface area contributed by atoms with Crippen LogP contribution in [0.25, 0.3) is 0 Å². The predicted octanol–water partition coefficient (Wildman–Crippen LogP) is 2.75. The lowest BCUT2D eigenvalue weighted by atomic mass is 9.96. The van der Waals surface area contributed by atoms with Crippen LogP contribution in [0.4, 0.5) is 0 Å². The largest absolute Gasteiger partial charge is 0.493 e. The van der Waals surface area contributed by atoms with Crippen molar-refractivity contribution in [3.63, 3.8) is 0 Å². The Balaban J connectivity index is 2.55. The maximum atomic E-state index is 5.58. The van der Waals surface area contributed by atoms with Gasteiger partial charge in [-0.15, -0.1) is 0 Å². The van der Waals surface area contributed by atoms with Crippen molar-refractivity contribution in [2.75, 3.05) is 20.8 Å². The van der Waals surface area contributed by atoms with Crippen LogP contribution in [0.3, 0.4) is 0 Å². The van der Waals surface area contributed by atoms with Crippen molar-refractivity contribution in [1.29, 1.82) is 0 Å². The lowest BCUT2D eigenvalue weighted by molar-refractivity contribution is 0.346. The van der Waals surface area contributed by atoms with Gasteiger partial charge in [-0.25, -0.2) is 0 Å². The Kier molecular flexibility index (Phi) is 3.57. The maximum absolute atomic E-state index is 5.58. The van der Waals surface area contributed by atoms with Gasteiger partial charge in [-0.05, 0) is 44.4 Å². The molecule has 17 heavy (non-hydrogen) atoms. The van der Waals surface area contributed by atoms with Gasteiger partial charge in [0.2, 0.25) is 0 Å². The van der Waals surface area contributed by atoms with Crippen LogP contribution in [-0.2, 0) is 0 Å². The number of benzene rings is 1. The highest BCUT2D eigenvalue weighted by Crippen LogP contribution is 2.41. The van der Waals surface area contributed by atoms with E-state index in [4.69, 9.17) is 9.47 Å². The summed E-state index contributed by atoms with van der Waals surface area (Å²) in [6.45, 7) is 5.29. The molecule has 1 N–H and O–H groups in total. The van der Waals surface area contributed by atoms with Crippen LogP contribution >= 0.6 is 0 Å². The van der Waals surface area contributed by atoms with Crippen LogP contribution < -0.4 is 14.8 Å². The van der Waals surface area contributed by atoms with Crippen molar-refractivity contribution in [3.05, 3.63) is 22.8 Å². The van der Waals surface area contributed by atoms with E-state index in [9.17, 15) is 0 Å². The Labute approximate surface area is 103 Å². The molecule has 0 amide bonds. The summed E-state index contributed by atoms with van der Waals surface area (Å²) in [7, 11) is 3.42. The Bertz CT molecular complexity index is 409. The summed E-state index contributed by atoms with van der Waals surface area (Å²) >= 11 is 0. The molecule has 1 aliphatic rings. The highest BCUT2D eigenvalue weighted by atomic mass is 16.5. The summed E-state index contributed by atoms with van der Waals surface area (Å²) < 4.78 is 11.0. The van der Waals surface area contributed by atoms with Gasteiger partial charge in [-0.2, -0.15) is 0 Å². The first-order valence-electron chi connectivity index (χ1n) is 6.14. The summed E-state index contributed by atoms with van der Waals surface area (Å²) in [6.07, 6.45) is 2.40. The summed E-state index contributed by atoms with van der Waals surface area (Å²) in [5.74, 6) is 1.76. The third kappa shape index (κ3) is 2.12. The molecule has 1 aliphatic heterocycles. The molecular formula is C14H21NO2. The van der Waals surface area contributed by atoms with Gasteiger partial charge in [0.05, 0.1) is 14.2 Å². The smallest absolute Gasteiger partial charge is 0.166 e. The third-order valence-electron chi connectivity index (χ3n) is 3.48. The van der Waals surface area contributed by atoms with Gasteiger partial charge in [-0.1, -0.05) is 6.07 Å². The Hall–Kier alpha value is -1.22. The van der Waals surface area contributed by atoms with Crippen molar-refractivity contribution >= 4 is 0 Å². The van der Waals surface area contributed by atoms with Crippen LogP contribution in [0.2, 0.25) is 0 Å². The van der Waals surface area contributed by atoms with Crippen LogP contribution in [0.5, 0.6) is 11.5 Å². The first-order chi connectivity index (χ1) is 8.19. The summed E-state index contributed by atoms with van der Waals surface area (Å²) in [5.41, 5.74) is 3.66. The van der Waals surface area contributed by atoms with E-state index >= 15 is 0 Å². The molecule has 0 bridgehead atoms. The normalized spacial score (nSPS) is 19.4. The average molecular weight is 235 g/mol. The van der Waals surface area contributed by atoms with E-state index in [1.807, 2.05) is 0 Å². The van der Waals surface area contributed by atoms with Crippen molar-refractivity contribution in [2.45, 2.75) is 32.7 Å². The van der Waals surface area contributed by atoms with Gasteiger partial charge in [0.15, 0.2) is 11.5 Å². The average Bonchev–Trinajstić information content (AvgIpc) is 2.81. The molecule has 1 saturated heterocycles. The first kappa shape index (κ1) is 12.2. The second-order valence-corrected chi connectivity index (χ2v) is 4.64. The maximum Gasteiger partial charge on any atom is 0.166 e. The third-order valence-corrected chi connectivity index (χ3v) is 3.48. The molecule has 3 nitrogen and oxygen atoms in total. The van der Waals surface area contributed by atoms with Crippen molar-refractivity contribution in [1.82, 2.24) is 5.32 Å². The van der Waals surface area contributed by atoms with Crippen molar-refractivity contribution in [3.8, 4) is 11.5 Å². The fraction of sp³-hybridized carbons (Fsp3) is 0.571. The molecule has 1 heterocycles. The molecular weight excluding hydrogens is 214 g/mol. The number of nitrogens with one attached hydrogen (secondary N) is 1. The zero-order valence-electron chi connectivity index (χ0n) is 11.1. The molecule has 0 aromatic heterocycles. The van der Waals surface area contributed by atoms with E-state index < -0.39 is 0 Å². The predicted molar refractivity (Wildman–Crippen MR) is 69.0 cm³/mol. The molecule has 1 atom stereocenters. The molecule has 0 aliphatic carbocycles. The molecule has 1 unspecified atom stereocenters. The van der Waals surface area contributed by atoms with E-state index in [2.05, 4.69) is 25.2 Å². The monoisotopic (exact) mass is 235 g/mol. The van der Waals surface area contributed by atoms with E-state index in [-0.39, 0.29) is 0 Å². The first-order valence-corrected chi connectivity index (χ1v) is 6.14. The minimum atomic E-state index is 0.402. The fourth-order valence-corrected chi connectivity index (χ4v) is 2.77. The van der Waals surface area contributed by atoms with Gasteiger partial charge in [-0.3, -0.25) is 0 Å². The second kappa shape index (κ2) is 4.96. The highest BCUT2D eigenvalue weighted by molar-refractivity contribution is 5.56. The van der Waals surface area contributed by atoms with Crippen molar-refractivity contribution in [2.24, 2.45) is 0 Å². The van der Waals surface area contributed by atoms with Crippen LogP contribution in [0.1, 0.15) is 35.6 Å². The van der Waals surface area contributed by atoms with Crippen LogP contribution in [0.15, 0.2) is 6.07 Å². The quantitative estimate of drug-likeness (QED) is 0.874. The minimum Gasteiger partial charge on any atom is -0.493 e. The van der Waals surface area contributed by atoms with E-state index in [0.717, 1.165) is 23.6 Å². The zero-order valence-corrected chi connectivity index (χ0v) is 11.1. The number of rotatable bonds is 3. The molecule has 1 aromatic carbocycles. The molecule has 1 aromatic rings. The number of hydrogen-bond donors (Lipinski definition) is 1. The number of hydrogen-bond acceptors (Lipinski definition) is 3. The lowest BCUT2D eigenvalue weighted by Crippen LogP contribution is -2.15. The van der Waals surface area contributed by atoms with E-state index in [0.29, 0.717) is 6.04 Å². The highest BCUT2D eigenvalue weighted by Gasteiger charge is 2.25. The number of ether oxygens (including phenoxy) is 2. The summed E-state index contributed by atoms with van der Waals surface area (Å²) in [6, 6.07) is 2.58. The molecule has 0 saturated carbocycles. The number of aryl methyl sites for hydroxylation is 2. The molecule has 2 rings (SSSR count). The fourth-order valence-electron chi connectivity index (χ4n) is 2.77. The van der Waals surface area contributed by atoms with Gasteiger partial charge >= 0.3 is 0 Å². The van der Waals surface area contributed by atoms with Gasteiger partial charge in [0.25, 0.3) is 0 Å². The van der Waals surface area contributed by atoms with E-state index in [1.165, 1.54) is 24.0 Å². The Morgan fingerprint density at radius 3 is 2.35 bits per heavy atom. The van der Waals surface area contributed by atoms with Crippen molar-refractivity contribution < 1.29 is 9.47 Å². The standard InChI is InChI=1S/C14H21NO2/c1-9-8-10(2)13(16-3)14(17-4)12(9)11-6-5-7-15-11/h8,11,15H,5-7H2,1-4H3. The molecule has 0 spiro atoms. The SMILES string of the molecule is COc1c(C)cc(C)c(C2CCCN2)c1OC. The molecule has 94 valence electrons. The Morgan fingerprint density at radius 2 is 1.82 bits per heavy atom. The van der Waals surface area contributed by atoms with Crippen LogP contribution in [-0.4, -0.2) is 20.8 Å². The van der Waals surface area contributed by atoms with Gasteiger partial charge in [0.1, 0.15) is 0 Å². The second-order valence-electron chi connectivity index (χ2n) is 4.64. The zero-order chi connectivity index (χ0) is 12.4. The summed E-state index contributed by atoms with van der Waals surface area (Å²) in [4.78, 5) is 0. The van der Waals surface area contributed by atoms with Gasteiger partial charge < -0.3 is 14.8 Å². The lowest BCUT2D eigenvalue weighted by Gasteiger charge is -2.21. The summed E-state index contributed by atoms with van der Waals surface area (Å²) in [5, 5.41) is 3.52. The molecule has 1 fully saturated rings.